The highest BCUT2D eigenvalue weighted by molar-refractivity contribution is 5.99. The van der Waals surface area contributed by atoms with E-state index in [-0.39, 0.29) is 18.7 Å². The van der Waals surface area contributed by atoms with Gasteiger partial charge in [0.1, 0.15) is 18.2 Å². The Morgan fingerprint density at radius 1 is 0.786 bits per heavy atom. The Morgan fingerprint density at radius 3 is 2.05 bits per heavy atom. The lowest BCUT2D eigenvalue weighted by Gasteiger charge is -2.23. The Bertz CT molecular complexity index is 1080. The lowest BCUT2D eigenvalue weighted by atomic mass is 9.91. The maximum atomic E-state index is 14.7. The molecule has 0 aromatic heterocycles. The van der Waals surface area contributed by atoms with Crippen LogP contribution in [0.4, 0.5) is 8.78 Å². The maximum absolute atomic E-state index is 14.7. The second-order valence-corrected chi connectivity index (χ2v) is 11.7. The highest BCUT2D eigenvalue weighted by atomic mass is 19.1. The summed E-state index contributed by atoms with van der Waals surface area (Å²) in [7, 11) is 1.68. The van der Waals surface area contributed by atoms with Crippen molar-refractivity contribution in [3.05, 3.63) is 58.7 Å². The van der Waals surface area contributed by atoms with E-state index >= 15 is 0 Å². The molecule has 2 aromatic rings. The van der Waals surface area contributed by atoms with E-state index in [4.69, 9.17) is 14.6 Å². The number of methoxy groups -OCH3 is 1. The summed E-state index contributed by atoms with van der Waals surface area (Å²) in [5, 5.41) is 8.96. The molecule has 1 heterocycles. The van der Waals surface area contributed by atoms with E-state index in [1.807, 2.05) is 6.07 Å². The molecule has 0 spiro atoms. The molecule has 2 aromatic carbocycles. The largest absolute Gasteiger partial charge is 0.493 e. The summed E-state index contributed by atoms with van der Waals surface area (Å²) in [5.41, 5.74) is 3.55. The van der Waals surface area contributed by atoms with Crippen LogP contribution in [0.5, 0.6) is 11.5 Å². The van der Waals surface area contributed by atoms with Gasteiger partial charge in [-0.3, -0.25) is 0 Å². The number of halogens is 2. The molecule has 0 atom stereocenters. The number of ether oxygens (including phenoxy) is 2. The third-order valence-corrected chi connectivity index (χ3v) is 8.50. The summed E-state index contributed by atoms with van der Waals surface area (Å²) in [5.74, 6) is 0.584. The van der Waals surface area contributed by atoms with Gasteiger partial charge in [-0.05, 0) is 43.5 Å². The van der Waals surface area contributed by atoms with Gasteiger partial charge in [0, 0.05) is 30.6 Å². The fourth-order valence-corrected chi connectivity index (χ4v) is 6.04. The van der Waals surface area contributed by atoms with Gasteiger partial charge < -0.3 is 14.6 Å². The number of aliphatic hydroxyl groups excluding tert-OH is 1. The first-order chi connectivity index (χ1) is 20.6. The lowest BCUT2D eigenvalue weighted by Crippen LogP contribution is -2.31. The Labute approximate surface area is 253 Å². The van der Waals surface area contributed by atoms with Gasteiger partial charge >= 0.3 is 0 Å². The summed E-state index contributed by atoms with van der Waals surface area (Å²) in [6.45, 7) is 4.06. The molecule has 1 N–H and O–H groups in total. The average Bonchev–Trinajstić information content (AvgIpc) is 2.99. The van der Waals surface area contributed by atoms with Gasteiger partial charge in [-0.2, -0.15) is 0 Å². The minimum atomic E-state index is -0.488. The third kappa shape index (κ3) is 10.7. The molecule has 0 bridgehead atoms. The second kappa shape index (κ2) is 19.7. The van der Waals surface area contributed by atoms with Gasteiger partial charge in [0.25, 0.3) is 0 Å². The first-order valence-electron chi connectivity index (χ1n) is 16.6. The van der Waals surface area contributed by atoms with E-state index in [0.717, 1.165) is 92.5 Å². The van der Waals surface area contributed by atoms with Crippen LogP contribution >= 0.6 is 0 Å². The van der Waals surface area contributed by atoms with E-state index < -0.39 is 11.6 Å². The van der Waals surface area contributed by atoms with Crippen LogP contribution in [0.2, 0.25) is 0 Å². The standard InChI is InChI=1S/C36H54F2NO3/c1-3-4-5-6-7-8-9-12-15-21-34-29-22-23-35(41-2)36(42-27-17-14-11-10-13-16-26-40)30(29)24-25-39(34)28-31-32(37)19-18-20-33(31)38/h18-20,22-23,40H,3-17,21,24-28H2,1-2H3/q+1. The van der Waals surface area contributed by atoms with Gasteiger partial charge in [-0.25, -0.2) is 13.4 Å². The monoisotopic (exact) mass is 586 g/mol. The topological polar surface area (TPSA) is 41.7 Å². The van der Waals surface area contributed by atoms with Crippen molar-refractivity contribution in [1.29, 1.82) is 0 Å². The Kier molecular flexibility index (Phi) is 15.9. The third-order valence-electron chi connectivity index (χ3n) is 8.50. The van der Waals surface area contributed by atoms with Crippen LogP contribution in [0.25, 0.3) is 0 Å². The van der Waals surface area contributed by atoms with Gasteiger partial charge in [-0.15, -0.1) is 0 Å². The van der Waals surface area contributed by atoms with Crippen LogP contribution in [-0.2, 0) is 13.0 Å². The molecule has 0 saturated heterocycles. The van der Waals surface area contributed by atoms with E-state index in [2.05, 4.69) is 17.6 Å². The fraction of sp³-hybridized carbons (Fsp3) is 0.639. The van der Waals surface area contributed by atoms with Crippen LogP contribution < -0.4 is 9.47 Å². The Balaban J connectivity index is 1.73. The predicted molar refractivity (Wildman–Crippen MR) is 168 cm³/mol. The van der Waals surface area contributed by atoms with Gasteiger partial charge in [-0.1, -0.05) is 90.0 Å². The SMILES string of the molecule is CCCCCCCCCCCC1=[N+](Cc2c(F)cccc2F)CCc2c1ccc(OC)c2OCCCCCCCCO. The molecule has 3 rings (SSSR count). The van der Waals surface area contributed by atoms with Crippen molar-refractivity contribution in [3.63, 3.8) is 0 Å². The number of fused-ring (bicyclic) bond motifs is 1. The zero-order chi connectivity index (χ0) is 30.0. The second-order valence-electron chi connectivity index (χ2n) is 11.7. The number of aliphatic hydroxyl groups is 1. The highest BCUT2D eigenvalue weighted by Gasteiger charge is 2.30. The molecule has 0 amide bonds. The molecule has 1 aliphatic heterocycles. The average molecular weight is 587 g/mol. The molecule has 0 aliphatic carbocycles. The Hall–Kier alpha value is -2.47. The quantitative estimate of drug-likeness (QED) is 0.110. The molecular formula is C36H54F2NO3+. The predicted octanol–water partition coefficient (Wildman–Crippen LogP) is 9.16. The normalized spacial score (nSPS) is 13.0. The number of rotatable bonds is 22. The van der Waals surface area contributed by atoms with E-state index in [1.54, 1.807) is 7.11 Å². The molecule has 234 valence electrons. The van der Waals surface area contributed by atoms with Crippen molar-refractivity contribution in [3.8, 4) is 11.5 Å². The summed E-state index contributed by atoms with van der Waals surface area (Å²) >= 11 is 0. The summed E-state index contributed by atoms with van der Waals surface area (Å²) in [6, 6.07) is 8.21. The van der Waals surface area contributed by atoms with Crippen LogP contribution in [-0.4, -0.2) is 42.3 Å². The highest BCUT2D eigenvalue weighted by Crippen LogP contribution is 2.37. The van der Waals surface area contributed by atoms with Gasteiger partial charge in [0.05, 0.1) is 19.3 Å². The zero-order valence-electron chi connectivity index (χ0n) is 26.2. The van der Waals surface area contributed by atoms with E-state index in [0.29, 0.717) is 13.2 Å². The molecule has 6 heteroatoms. The summed E-state index contributed by atoms with van der Waals surface area (Å²) < 4.78 is 43.6. The fourth-order valence-electron chi connectivity index (χ4n) is 6.04. The molecule has 42 heavy (non-hydrogen) atoms. The number of hydrogen-bond donors (Lipinski definition) is 1. The van der Waals surface area contributed by atoms with Crippen molar-refractivity contribution in [2.24, 2.45) is 0 Å². The molecule has 0 radical (unpaired) electrons. The zero-order valence-corrected chi connectivity index (χ0v) is 26.2. The number of hydrogen-bond acceptors (Lipinski definition) is 3. The van der Waals surface area contributed by atoms with Crippen molar-refractivity contribution in [2.75, 3.05) is 26.9 Å². The van der Waals surface area contributed by atoms with Crippen LogP contribution in [0.3, 0.4) is 0 Å². The number of unbranched alkanes of at least 4 members (excludes halogenated alkanes) is 13. The van der Waals surface area contributed by atoms with Crippen molar-refractivity contribution in [2.45, 2.75) is 123 Å². The molecule has 0 saturated carbocycles. The van der Waals surface area contributed by atoms with Crippen LogP contribution in [0.1, 0.15) is 126 Å². The Morgan fingerprint density at radius 2 is 1.40 bits per heavy atom. The molecule has 0 fully saturated rings. The molecule has 1 aliphatic rings. The van der Waals surface area contributed by atoms with E-state index in [1.165, 1.54) is 63.1 Å². The number of nitrogens with zero attached hydrogens (tertiary/aromatic N) is 1. The van der Waals surface area contributed by atoms with Crippen LogP contribution in [0, 0.1) is 11.6 Å². The van der Waals surface area contributed by atoms with Crippen molar-refractivity contribution < 1.29 is 27.9 Å². The molecule has 0 unspecified atom stereocenters. The maximum Gasteiger partial charge on any atom is 0.184 e. The molecular weight excluding hydrogens is 532 g/mol. The van der Waals surface area contributed by atoms with Gasteiger partial charge in [0.2, 0.25) is 0 Å². The van der Waals surface area contributed by atoms with Gasteiger partial charge in [0.15, 0.2) is 23.8 Å². The lowest BCUT2D eigenvalue weighted by molar-refractivity contribution is -0.546. The van der Waals surface area contributed by atoms with Crippen molar-refractivity contribution in [1.82, 2.24) is 0 Å². The smallest absolute Gasteiger partial charge is 0.184 e. The first kappa shape index (κ1) is 34.0. The summed E-state index contributed by atoms with van der Waals surface area (Å²) in [6.07, 6.45) is 19.2. The first-order valence-corrected chi connectivity index (χ1v) is 16.6. The minimum absolute atomic E-state index is 0.134. The summed E-state index contributed by atoms with van der Waals surface area (Å²) in [4.78, 5) is 0. The van der Waals surface area contributed by atoms with E-state index in [9.17, 15) is 8.78 Å². The number of benzene rings is 2. The minimum Gasteiger partial charge on any atom is -0.493 e. The van der Waals surface area contributed by atoms with Crippen molar-refractivity contribution >= 4 is 5.71 Å². The molecule has 4 nitrogen and oxygen atoms in total. The van der Waals surface area contributed by atoms with Crippen LogP contribution in [0.15, 0.2) is 30.3 Å².